The summed E-state index contributed by atoms with van der Waals surface area (Å²) in [7, 11) is 0. The SMILES string of the molecule is O=C(NCc1cccc(C(F)(F)F)c1)c1ccn(COc2ccc(Br)cc2)n1. The summed E-state index contributed by atoms with van der Waals surface area (Å²) in [6, 6.07) is 13.6. The molecule has 0 aliphatic heterocycles. The van der Waals surface area contributed by atoms with E-state index in [1.54, 1.807) is 18.3 Å². The van der Waals surface area contributed by atoms with Crippen LogP contribution in [0.4, 0.5) is 13.2 Å². The highest BCUT2D eigenvalue weighted by Crippen LogP contribution is 2.29. The molecular weight excluding hydrogens is 439 g/mol. The van der Waals surface area contributed by atoms with Crippen molar-refractivity contribution in [1.82, 2.24) is 15.1 Å². The number of ether oxygens (including phenoxy) is 1. The molecule has 28 heavy (non-hydrogen) atoms. The third-order valence-electron chi connectivity index (χ3n) is 3.76. The van der Waals surface area contributed by atoms with Gasteiger partial charge in [0.05, 0.1) is 5.56 Å². The standard InChI is InChI=1S/C19H15BrF3N3O2/c20-15-4-6-16(7-5-15)28-12-26-9-8-17(25-26)18(27)24-11-13-2-1-3-14(10-13)19(21,22)23/h1-10H,11-12H2,(H,24,27). The van der Waals surface area contributed by atoms with Gasteiger partial charge in [0.2, 0.25) is 0 Å². The van der Waals surface area contributed by atoms with Crippen LogP contribution in [0.5, 0.6) is 5.75 Å². The Kier molecular flexibility index (Phi) is 6.03. The molecule has 0 atom stereocenters. The minimum Gasteiger partial charge on any atom is -0.471 e. The molecule has 3 aromatic rings. The first kappa shape index (κ1) is 19.9. The summed E-state index contributed by atoms with van der Waals surface area (Å²) in [6.45, 7) is 0.0769. The maximum Gasteiger partial charge on any atom is 0.416 e. The Balaban J connectivity index is 1.55. The highest BCUT2D eigenvalue weighted by molar-refractivity contribution is 9.10. The summed E-state index contributed by atoms with van der Waals surface area (Å²) in [5.41, 5.74) is -0.263. The van der Waals surface area contributed by atoms with E-state index in [1.807, 2.05) is 12.1 Å². The topological polar surface area (TPSA) is 56.2 Å². The number of aromatic nitrogens is 2. The lowest BCUT2D eigenvalue weighted by Crippen LogP contribution is -2.24. The van der Waals surface area contributed by atoms with Crippen molar-refractivity contribution in [1.29, 1.82) is 0 Å². The Hall–Kier alpha value is -2.81. The predicted octanol–water partition coefficient (Wildman–Crippen LogP) is 4.63. The van der Waals surface area contributed by atoms with E-state index in [0.29, 0.717) is 11.3 Å². The van der Waals surface area contributed by atoms with Crippen molar-refractivity contribution in [3.8, 4) is 5.75 Å². The number of rotatable bonds is 6. The van der Waals surface area contributed by atoms with Gasteiger partial charge in [0, 0.05) is 17.2 Å². The van der Waals surface area contributed by atoms with Gasteiger partial charge in [-0.15, -0.1) is 0 Å². The van der Waals surface area contributed by atoms with Crippen molar-refractivity contribution >= 4 is 21.8 Å². The number of hydrogen-bond donors (Lipinski definition) is 1. The van der Waals surface area contributed by atoms with Crippen molar-refractivity contribution in [2.75, 3.05) is 0 Å². The summed E-state index contributed by atoms with van der Waals surface area (Å²) < 4.78 is 46.1. The van der Waals surface area contributed by atoms with E-state index in [2.05, 4.69) is 26.3 Å². The van der Waals surface area contributed by atoms with Gasteiger partial charge in [-0.1, -0.05) is 28.1 Å². The number of carbonyl (C=O) groups is 1. The quantitative estimate of drug-likeness (QED) is 0.591. The van der Waals surface area contributed by atoms with Crippen LogP contribution >= 0.6 is 15.9 Å². The van der Waals surface area contributed by atoms with Crippen LogP contribution < -0.4 is 10.1 Å². The van der Waals surface area contributed by atoms with Crippen LogP contribution in [0.25, 0.3) is 0 Å². The summed E-state index contributed by atoms with van der Waals surface area (Å²) in [4.78, 5) is 12.2. The molecule has 0 aliphatic carbocycles. The molecule has 0 bridgehead atoms. The molecule has 0 spiro atoms. The molecule has 5 nitrogen and oxygen atoms in total. The second-order valence-electron chi connectivity index (χ2n) is 5.85. The lowest BCUT2D eigenvalue weighted by molar-refractivity contribution is -0.137. The summed E-state index contributed by atoms with van der Waals surface area (Å²) >= 11 is 3.33. The van der Waals surface area contributed by atoms with Crippen LogP contribution in [0.1, 0.15) is 21.6 Å². The Bertz CT molecular complexity index is 956. The van der Waals surface area contributed by atoms with E-state index in [-0.39, 0.29) is 19.0 Å². The van der Waals surface area contributed by atoms with E-state index in [0.717, 1.165) is 16.6 Å². The first-order valence-electron chi connectivity index (χ1n) is 8.17. The Morgan fingerprint density at radius 3 is 2.61 bits per heavy atom. The fraction of sp³-hybridized carbons (Fsp3) is 0.158. The number of halogens is 4. The lowest BCUT2D eigenvalue weighted by atomic mass is 10.1. The van der Waals surface area contributed by atoms with Gasteiger partial charge in [-0.25, -0.2) is 4.68 Å². The third kappa shape index (κ3) is 5.35. The molecule has 1 aromatic heterocycles. The van der Waals surface area contributed by atoms with E-state index < -0.39 is 17.6 Å². The molecule has 3 rings (SSSR count). The predicted molar refractivity (Wildman–Crippen MR) is 99.6 cm³/mol. The van der Waals surface area contributed by atoms with Crippen LogP contribution in [-0.2, 0) is 19.5 Å². The molecule has 2 aromatic carbocycles. The van der Waals surface area contributed by atoms with Gasteiger partial charge in [0.1, 0.15) is 11.4 Å². The van der Waals surface area contributed by atoms with Crippen LogP contribution in [0.3, 0.4) is 0 Å². The minimum absolute atomic E-state index is 0.0367. The van der Waals surface area contributed by atoms with Crippen molar-refractivity contribution in [3.63, 3.8) is 0 Å². The van der Waals surface area contributed by atoms with Gasteiger partial charge < -0.3 is 10.1 Å². The number of benzene rings is 2. The molecule has 1 N–H and O–H groups in total. The molecule has 0 fully saturated rings. The van der Waals surface area contributed by atoms with Gasteiger partial charge >= 0.3 is 6.18 Å². The number of carbonyl (C=O) groups excluding carboxylic acids is 1. The number of hydrogen-bond acceptors (Lipinski definition) is 3. The molecule has 146 valence electrons. The fourth-order valence-corrected chi connectivity index (χ4v) is 2.62. The smallest absolute Gasteiger partial charge is 0.416 e. The summed E-state index contributed by atoms with van der Waals surface area (Å²) in [6.07, 6.45) is -2.84. The molecule has 1 heterocycles. The molecule has 9 heteroatoms. The normalized spacial score (nSPS) is 11.3. The van der Waals surface area contributed by atoms with Gasteiger partial charge in [-0.2, -0.15) is 18.3 Å². The molecule has 1 amide bonds. The van der Waals surface area contributed by atoms with Gasteiger partial charge in [-0.05, 0) is 48.0 Å². The molecular formula is C19H15BrF3N3O2. The van der Waals surface area contributed by atoms with E-state index in [1.165, 1.54) is 22.9 Å². The third-order valence-corrected chi connectivity index (χ3v) is 4.29. The monoisotopic (exact) mass is 453 g/mol. The van der Waals surface area contributed by atoms with Gasteiger partial charge in [-0.3, -0.25) is 4.79 Å². The van der Waals surface area contributed by atoms with Crippen LogP contribution in [0.2, 0.25) is 0 Å². The Morgan fingerprint density at radius 1 is 1.14 bits per heavy atom. The second-order valence-corrected chi connectivity index (χ2v) is 6.76. The Morgan fingerprint density at radius 2 is 1.89 bits per heavy atom. The number of amides is 1. The molecule has 0 saturated heterocycles. The van der Waals surface area contributed by atoms with Crippen molar-refractivity contribution < 1.29 is 22.7 Å². The van der Waals surface area contributed by atoms with Crippen LogP contribution in [-0.4, -0.2) is 15.7 Å². The fourth-order valence-electron chi connectivity index (χ4n) is 2.36. The first-order chi connectivity index (χ1) is 13.3. The lowest BCUT2D eigenvalue weighted by Gasteiger charge is -2.09. The average Bonchev–Trinajstić information content (AvgIpc) is 3.14. The largest absolute Gasteiger partial charge is 0.471 e. The zero-order chi connectivity index (χ0) is 20.1. The molecule has 0 aliphatic rings. The van der Waals surface area contributed by atoms with Crippen LogP contribution in [0, 0.1) is 0 Å². The van der Waals surface area contributed by atoms with Crippen molar-refractivity contribution in [3.05, 3.63) is 82.1 Å². The number of alkyl halides is 3. The van der Waals surface area contributed by atoms with Crippen LogP contribution in [0.15, 0.2) is 65.3 Å². The highest BCUT2D eigenvalue weighted by atomic mass is 79.9. The molecule has 0 saturated carbocycles. The van der Waals surface area contributed by atoms with Crippen molar-refractivity contribution in [2.45, 2.75) is 19.5 Å². The number of nitrogens with one attached hydrogen (secondary N) is 1. The molecule has 0 unspecified atom stereocenters. The average molecular weight is 454 g/mol. The first-order valence-corrected chi connectivity index (χ1v) is 8.97. The van der Waals surface area contributed by atoms with E-state index in [9.17, 15) is 18.0 Å². The zero-order valence-corrected chi connectivity index (χ0v) is 16.0. The van der Waals surface area contributed by atoms with E-state index in [4.69, 9.17) is 4.74 Å². The van der Waals surface area contributed by atoms with Gasteiger partial charge in [0.25, 0.3) is 5.91 Å². The molecule has 0 radical (unpaired) electrons. The maximum atomic E-state index is 12.7. The zero-order valence-electron chi connectivity index (χ0n) is 14.4. The van der Waals surface area contributed by atoms with Gasteiger partial charge in [0.15, 0.2) is 6.73 Å². The number of nitrogens with zero attached hydrogens (tertiary/aromatic N) is 2. The Labute approximate surface area is 167 Å². The second kappa shape index (κ2) is 8.47. The maximum absolute atomic E-state index is 12.7. The summed E-state index contributed by atoms with van der Waals surface area (Å²) in [5.74, 6) is 0.161. The summed E-state index contributed by atoms with van der Waals surface area (Å²) in [5, 5.41) is 6.66. The minimum atomic E-state index is -4.42. The van der Waals surface area contributed by atoms with Crippen molar-refractivity contribution in [2.24, 2.45) is 0 Å². The van der Waals surface area contributed by atoms with E-state index >= 15 is 0 Å². The highest BCUT2D eigenvalue weighted by Gasteiger charge is 2.30.